The largest absolute Gasteiger partial charge is 0.325 e. The molecule has 0 bridgehead atoms. The van der Waals surface area contributed by atoms with Crippen LogP contribution in [0.4, 0.5) is 5.69 Å². The number of nitrogens with zero attached hydrogens (tertiary/aromatic N) is 2. The van der Waals surface area contributed by atoms with Crippen LogP contribution in [0.15, 0.2) is 46.8 Å². The third-order valence-corrected chi connectivity index (χ3v) is 5.08. The minimum Gasteiger partial charge on any atom is -0.325 e. The summed E-state index contributed by atoms with van der Waals surface area (Å²) in [4.78, 5) is 19.2. The minimum atomic E-state index is -0.0295. The number of carbonyl (C=O) groups is 1. The van der Waals surface area contributed by atoms with Gasteiger partial charge in [-0.2, -0.15) is 0 Å². The van der Waals surface area contributed by atoms with Gasteiger partial charge in [0.05, 0.1) is 17.2 Å². The monoisotopic (exact) mass is 341 g/mol. The number of nitrogens with one attached hydrogen (secondary N) is 1. The van der Waals surface area contributed by atoms with E-state index in [1.165, 1.54) is 5.57 Å². The van der Waals surface area contributed by atoms with E-state index in [9.17, 15) is 4.79 Å². The van der Waals surface area contributed by atoms with E-state index in [-0.39, 0.29) is 11.9 Å². The Morgan fingerprint density at radius 3 is 2.88 bits per heavy atom. The van der Waals surface area contributed by atoms with Gasteiger partial charge in [-0.05, 0) is 45.4 Å². The van der Waals surface area contributed by atoms with E-state index in [0.717, 1.165) is 42.9 Å². The van der Waals surface area contributed by atoms with E-state index < -0.39 is 0 Å². The fourth-order valence-corrected chi connectivity index (χ4v) is 3.59. The summed E-state index contributed by atoms with van der Waals surface area (Å²) in [5.74, 6) is 0.0952. The molecule has 5 heteroatoms. The van der Waals surface area contributed by atoms with Crippen molar-refractivity contribution in [3.63, 3.8) is 0 Å². The van der Waals surface area contributed by atoms with Crippen LogP contribution in [0.5, 0.6) is 0 Å². The second kappa shape index (κ2) is 7.73. The maximum Gasteiger partial charge on any atom is 0.241 e. The molecule has 1 aromatic heterocycles. The molecular formula is C19H23N3OS. The summed E-state index contributed by atoms with van der Waals surface area (Å²) in [6, 6.07) is 7.87. The average molecular weight is 341 g/mol. The predicted octanol–water partition coefficient (Wildman–Crippen LogP) is 4.18. The van der Waals surface area contributed by atoms with E-state index in [1.807, 2.05) is 42.1 Å². The standard InChI is InChI=1S/C19H23N3OS/c1-3-14(2)11-22-10-4-5-18(22)19(23)21-16-8-6-15(7-9-16)17-12-24-13-20-17/h3,6-9,12-13,18H,4-5,10-11H2,1-2H3,(H,21,23)/b14-3+. The Bertz CT molecular complexity index is 707. The molecule has 0 aliphatic carbocycles. The zero-order valence-electron chi connectivity index (χ0n) is 14.2. The van der Waals surface area contributed by atoms with Gasteiger partial charge in [-0.1, -0.05) is 23.8 Å². The first-order valence-electron chi connectivity index (χ1n) is 8.32. The SMILES string of the molecule is C/C=C(\C)CN1CCCC1C(=O)Nc1ccc(-c2cscn2)cc1. The van der Waals surface area contributed by atoms with E-state index in [0.29, 0.717) is 0 Å². The number of allylic oxidation sites excluding steroid dienone is 1. The number of aromatic nitrogens is 1. The van der Waals surface area contributed by atoms with Crippen molar-refractivity contribution in [3.05, 3.63) is 46.8 Å². The second-order valence-corrected chi connectivity index (χ2v) is 6.92. The first-order valence-corrected chi connectivity index (χ1v) is 9.27. The summed E-state index contributed by atoms with van der Waals surface area (Å²) < 4.78 is 0. The molecule has 0 spiro atoms. The van der Waals surface area contributed by atoms with Gasteiger partial charge in [0.15, 0.2) is 0 Å². The van der Waals surface area contributed by atoms with Crippen molar-refractivity contribution in [2.45, 2.75) is 32.7 Å². The Labute approximate surface area is 147 Å². The molecule has 1 aromatic carbocycles. The number of anilines is 1. The lowest BCUT2D eigenvalue weighted by Crippen LogP contribution is -2.40. The van der Waals surface area contributed by atoms with Crippen molar-refractivity contribution in [1.82, 2.24) is 9.88 Å². The summed E-state index contributed by atoms with van der Waals surface area (Å²) in [5, 5.41) is 5.08. The highest BCUT2D eigenvalue weighted by atomic mass is 32.1. The zero-order chi connectivity index (χ0) is 16.9. The molecule has 1 atom stereocenters. The molecule has 1 amide bonds. The van der Waals surface area contributed by atoms with Crippen molar-refractivity contribution in [2.75, 3.05) is 18.4 Å². The van der Waals surface area contributed by atoms with Crippen LogP contribution in [-0.2, 0) is 4.79 Å². The van der Waals surface area contributed by atoms with Crippen LogP contribution < -0.4 is 5.32 Å². The molecule has 2 heterocycles. The number of benzene rings is 1. The molecule has 3 rings (SSSR count). The molecule has 1 unspecified atom stereocenters. The number of carbonyl (C=O) groups excluding carboxylic acids is 1. The Morgan fingerprint density at radius 1 is 1.42 bits per heavy atom. The normalized spacial score (nSPS) is 18.8. The zero-order valence-corrected chi connectivity index (χ0v) is 15.0. The number of rotatable bonds is 5. The molecule has 2 aromatic rings. The third kappa shape index (κ3) is 3.91. The molecule has 1 saturated heterocycles. The van der Waals surface area contributed by atoms with Gasteiger partial charge in [-0.25, -0.2) is 4.98 Å². The van der Waals surface area contributed by atoms with Crippen molar-refractivity contribution in [2.24, 2.45) is 0 Å². The summed E-state index contributed by atoms with van der Waals surface area (Å²) in [6.45, 7) is 6.03. The van der Waals surface area contributed by atoms with Gasteiger partial charge >= 0.3 is 0 Å². The number of thiazole rings is 1. The van der Waals surface area contributed by atoms with E-state index in [4.69, 9.17) is 0 Å². The lowest BCUT2D eigenvalue weighted by molar-refractivity contribution is -0.120. The van der Waals surface area contributed by atoms with Crippen LogP contribution in [0.1, 0.15) is 26.7 Å². The summed E-state index contributed by atoms with van der Waals surface area (Å²) in [5.41, 5.74) is 6.02. The fourth-order valence-electron chi connectivity index (χ4n) is 3.03. The molecule has 4 nitrogen and oxygen atoms in total. The summed E-state index contributed by atoms with van der Waals surface area (Å²) in [6.07, 6.45) is 4.13. The van der Waals surface area contributed by atoms with Gasteiger partial charge in [0, 0.05) is 23.2 Å². The summed E-state index contributed by atoms with van der Waals surface area (Å²) >= 11 is 1.58. The molecule has 0 saturated carbocycles. The maximum atomic E-state index is 12.6. The Kier molecular flexibility index (Phi) is 5.43. The van der Waals surface area contributed by atoms with Crippen molar-refractivity contribution < 1.29 is 4.79 Å². The molecule has 1 N–H and O–H groups in total. The van der Waals surface area contributed by atoms with E-state index >= 15 is 0 Å². The highest BCUT2D eigenvalue weighted by molar-refractivity contribution is 7.07. The third-order valence-electron chi connectivity index (χ3n) is 4.49. The minimum absolute atomic E-state index is 0.0295. The van der Waals surface area contributed by atoms with Gasteiger partial charge in [0.2, 0.25) is 5.91 Å². The quantitative estimate of drug-likeness (QED) is 0.830. The maximum absolute atomic E-state index is 12.6. The molecule has 126 valence electrons. The topological polar surface area (TPSA) is 45.2 Å². The van der Waals surface area contributed by atoms with Crippen molar-refractivity contribution in [1.29, 1.82) is 0 Å². The van der Waals surface area contributed by atoms with Gasteiger partial charge in [-0.15, -0.1) is 11.3 Å². The lowest BCUT2D eigenvalue weighted by atomic mass is 10.1. The van der Waals surface area contributed by atoms with Crippen molar-refractivity contribution in [3.8, 4) is 11.3 Å². The second-order valence-electron chi connectivity index (χ2n) is 6.20. The van der Waals surface area contributed by atoms with Crippen LogP contribution in [0.2, 0.25) is 0 Å². The molecule has 0 radical (unpaired) electrons. The highest BCUT2D eigenvalue weighted by Gasteiger charge is 2.30. The summed E-state index contributed by atoms with van der Waals surface area (Å²) in [7, 11) is 0. The lowest BCUT2D eigenvalue weighted by Gasteiger charge is -2.24. The smallest absolute Gasteiger partial charge is 0.241 e. The van der Waals surface area contributed by atoms with Crippen molar-refractivity contribution >= 4 is 22.9 Å². The molecular weight excluding hydrogens is 318 g/mol. The molecule has 24 heavy (non-hydrogen) atoms. The number of hydrogen-bond acceptors (Lipinski definition) is 4. The van der Waals surface area contributed by atoms with E-state index in [1.54, 1.807) is 11.3 Å². The molecule has 1 aliphatic rings. The Morgan fingerprint density at radius 2 is 2.21 bits per heavy atom. The fraction of sp³-hybridized carbons (Fsp3) is 0.368. The first kappa shape index (κ1) is 16.9. The van der Waals surface area contributed by atoms with Crippen LogP contribution in [0, 0.1) is 0 Å². The highest BCUT2D eigenvalue weighted by Crippen LogP contribution is 2.23. The van der Waals surface area contributed by atoms with Gasteiger partial charge in [0.25, 0.3) is 0 Å². The Balaban J connectivity index is 1.64. The van der Waals surface area contributed by atoms with Gasteiger partial charge < -0.3 is 5.32 Å². The average Bonchev–Trinajstić information content (AvgIpc) is 3.27. The van der Waals surface area contributed by atoms with Crippen LogP contribution in [-0.4, -0.2) is 34.9 Å². The Hall–Kier alpha value is -1.98. The van der Waals surface area contributed by atoms with Crippen LogP contribution >= 0.6 is 11.3 Å². The first-order chi connectivity index (χ1) is 11.7. The molecule has 1 aliphatic heterocycles. The number of amides is 1. The van der Waals surface area contributed by atoms with Gasteiger partial charge in [-0.3, -0.25) is 9.69 Å². The van der Waals surface area contributed by atoms with Gasteiger partial charge in [0.1, 0.15) is 0 Å². The van der Waals surface area contributed by atoms with E-state index in [2.05, 4.69) is 28.2 Å². The molecule has 1 fully saturated rings. The number of hydrogen-bond donors (Lipinski definition) is 1. The van der Waals surface area contributed by atoms with Crippen LogP contribution in [0.3, 0.4) is 0 Å². The van der Waals surface area contributed by atoms with Crippen LogP contribution in [0.25, 0.3) is 11.3 Å². The number of likely N-dealkylation sites (tertiary alicyclic amines) is 1. The predicted molar refractivity (Wildman–Crippen MR) is 100 cm³/mol.